The lowest BCUT2D eigenvalue weighted by atomic mass is 9.99. The van der Waals surface area contributed by atoms with Crippen LogP contribution in [-0.2, 0) is 0 Å². The second kappa shape index (κ2) is 8.12. The minimum atomic E-state index is -0.389. The molecule has 0 fully saturated rings. The number of hydrogen-bond donors (Lipinski definition) is 0. The average Bonchev–Trinajstić information content (AvgIpc) is 2.84. The van der Waals surface area contributed by atoms with E-state index in [1.54, 1.807) is 24.3 Å². The molecule has 0 spiro atoms. The molecule has 32 heavy (non-hydrogen) atoms. The van der Waals surface area contributed by atoms with E-state index in [0.29, 0.717) is 22.5 Å². The van der Waals surface area contributed by atoms with Crippen molar-refractivity contribution in [1.29, 1.82) is 0 Å². The summed E-state index contributed by atoms with van der Waals surface area (Å²) >= 11 is 0. The monoisotopic (exact) mass is 422 g/mol. The second-order valence-electron chi connectivity index (χ2n) is 7.33. The zero-order valence-electron chi connectivity index (χ0n) is 16.8. The van der Waals surface area contributed by atoms with Crippen molar-refractivity contribution in [3.63, 3.8) is 0 Å². The fourth-order valence-corrected chi connectivity index (χ4v) is 3.56. The molecule has 0 aliphatic rings. The van der Waals surface area contributed by atoms with E-state index in [1.165, 1.54) is 36.4 Å². The highest BCUT2D eigenvalue weighted by atomic mass is 19.1. The molecule has 0 amide bonds. The Labute approximate surface area is 183 Å². The summed E-state index contributed by atoms with van der Waals surface area (Å²) in [6.07, 6.45) is 0. The third-order valence-electron chi connectivity index (χ3n) is 5.22. The van der Waals surface area contributed by atoms with Crippen LogP contribution in [0.2, 0.25) is 0 Å². The molecule has 0 aliphatic heterocycles. The molecule has 3 nitrogen and oxygen atoms in total. The summed E-state index contributed by atoms with van der Waals surface area (Å²) in [5.41, 5.74) is 5.15. The third kappa shape index (κ3) is 3.76. The van der Waals surface area contributed by atoms with Crippen molar-refractivity contribution in [2.24, 2.45) is 0 Å². The van der Waals surface area contributed by atoms with Crippen molar-refractivity contribution < 1.29 is 13.6 Å². The zero-order valence-corrected chi connectivity index (χ0v) is 16.8. The normalized spacial score (nSPS) is 10.9. The summed E-state index contributed by atoms with van der Waals surface area (Å²) in [6.45, 7) is 0. The Morgan fingerprint density at radius 2 is 0.906 bits per heavy atom. The molecular weight excluding hydrogens is 406 g/mol. The smallest absolute Gasteiger partial charge is 0.193 e. The molecule has 0 radical (unpaired) electrons. The molecule has 0 bridgehead atoms. The SMILES string of the molecule is O=C(c1ccc(F)cc1)c1ccc(-c2nc3ccccc3nc2-c2ccc(F)cc2)cc1. The Balaban J connectivity index is 1.59. The van der Waals surface area contributed by atoms with Gasteiger partial charge in [0.25, 0.3) is 0 Å². The maximum atomic E-state index is 13.5. The second-order valence-corrected chi connectivity index (χ2v) is 7.33. The maximum absolute atomic E-state index is 13.5. The molecule has 154 valence electrons. The zero-order chi connectivity index (χ0) is 22.1. The van der Waals surface area contributed by atoms with Crippen LogP contribution in [0.15, 0.2) is 97.1 Å². The lowest BCUT2D eigenvalue weighted by Crippen LogP contribution is -2.01. The van der Waals surface area contributed by atoms with Gasteiger partial charge in [-0.3, -0.25) is 4.79 Å². The summed E-state index contributed by atoms with van der Waals surface area (Å²) in [4.78, 5) is 22.3. The average molecular weight is 422 g/mol. The Bertz CT molecular complexity index is 1430. The lowest BCUT2D eigenvalue weighted by molar-refractivity contribution is 0.103. The van der Waals surface area contributed by atoms with E-state index in [1.807, 2.05) is 36.4 Å². The maximum Gasteiger partial charge on any atom is 0.193 e. The van der Waals surface area contributed by atoms with Crippen LogP contribution in [0.5, 0.6) is 0 Å². The summed E-state index contributed by atoms with van der Waals surface area (Å²) in [6, 6.07) is 26.2. The Kier molecular flexibility index (Phi) is 5.00. The minimum Gasteiger partial charge on any atom is -0.289 e. The van der Waals surface area contributed by atoms with Gasteiger partial charge in [-0.05, 0) is 60.7 Å². The van der Waals surface area contributed by atoms with Crippen molar-refractivity contribution in [2.45, 2.75) is 0 Å². The van der Waals surface area contributed by atoms with E-state index in [2.05, 4.69) is 0 Å². The van der Waals surface area contributed by atoms with Gasteiger partial charge in [-0.15, -0.1) is 0 Å². The first-order valence-corrected chi connectivity index (χ1v) is 10.0. The highest BCUT2D eigenvalue weighted by Gasteiger charge is 2.15. The number of ketones is 1. The molecule has 5 aromatic rings. The molecule has 4 aromatic carbocycles. The number of benzene rings is 4. The Morgan fingerprint density at radius 1 is 0.531 bits per heavy atom. The van der Waals surface area contributed by atoms with Gasteiger partial charge in [0.05, 0.1) is 22.4 Å². The number of rotatable bonds is 4. The van der Waals surface area contributed by atoms with Crippen molar-refractivity contribution >= 4 is 16.8 Å². The van der Waals surface area contributed by atoms with Gasteiger partial charge < -0.3 is 0 Å². The van der Waals surface area contributed by atoms with Gasteiger partial charge in [-0.1, -0.05) is 36.4 Å². The third-order valence-corrected chi connectivity index (χ3v) is 5.22. The number of para-hydroxylation sites is 2. The van der Waals surface area contributed by atoms with Crippen LogP contribution in [0.1, 0.15) is 15.9 Å². The molecule has 0 unspecified atom stereocenters. The van der Waals surface area contributed by atoms with Crippen molar-refractivity contribution in [2.75, 3.05) is 0 Å². The van der Waals surface area contributed by atoms with Crippen LogP contribution in [0.25, 0.3) is 33.5 Å². The molecule has 0 aliphatic carbocycles. The predicted molar refractivity (Wildman–Crippen MR) is 120 cm³/mol. The molecule has 1 aromatic heterocycles. The first-order valence-electron chi connectivity index (χ1n) is 10.0. The van der Waals surface area contributed by atoms with Crippen LogP contribution < -0.4 is 0 Å². The van der Waals surface area contributed by atoms with Crippen LogP contribution in [0, 0.1) is 11.6 Å². The van der Waals surface area contributed by atoms with Gasteiger partial charge >= 0.3 is 0 Å². The summed E-state index contributed by atoms with van der Waals surface area (Å²) < 4.78 is 26.6. The largest absolute Gasteiger partial charge is 0.289 e. The summed E-state index contributed by atoms with van der Waals surface area (Å²) in [7, 11) is 0. The molecular formula is C27H16F2N2O. The van der Waals surface area contributed by atoms with Gasteiger partial charge in [0, 0.05) is 22.3 Å². The van der Waals surface area contributed by atoms with E-state index in [4.69, 9.17) is 9.97 Å². The Hall–Kier alpha value is -4.25. The van der Waals surface area contributed by atoms with E-state index >= 15 is 0 Å². The van der Waals surface area contributed by atoms with Gasteiger partial charge in [0.15, 0.2) is 5.78 Å². The Morgan fingerprint density at radius 3 is 1.38 bits per heavy atom. The number of aromatic nitrogens is 2. The molecule has 1 heterocycles. The summed E-state index contributed by atoms with van der Waals surface area (Å²) in [5.74, 6) is -0.910. The number of nitrogens with zero attached hydrogens (tertiary/aromatic N) is 2. The van der Waals surface area contributed by atoms with Crippen molar-refractivity contribution in [1.82, 2.24) is 9.97 Å². The molecule has 5 rings (SSSR count). The van der Waals surface area contributed by atoms with Crippen LogP contribution >= 0.6 is 0 Å². The van der Waals surface area contributed by atoms with Crippen LogP contribution in [0.3, 0.4) is 0 Å². The van der Waals surface area contributed by atoms with Gasteiger partial charge in [0.1, 0.15) is 11.6 Å². The fourth-order valence-electron chi connectivity index (χ4n) is 3.56. The number of carbonyl (C=O) groups is 1. The first-order chi connectivity index (χ1) is 15.6. The van der Waals surface area contributed by atoms with E-state index < -0.39 is 0 Å². The van der Waals surface area contributed by atoms with E-state index in [9.17, 15) is 13.6 Å². The minimum absolute atomic E-state index is 0.195. The number of hydrogen-bond acceptors (Lipinski definition) is 3. The van der Waals surface area contributed by atoms with Gasteiger partial charge in [0.2, 0.25) is 0 Å². The van der Waals surface area contributed by atoms with Gasteiger partial charge in [-0.2, -0.15) is 0 Å². The quantitative estimate of drug-likeness (QED) is 0.312. The van der Waals surface area contributed by atoms with E-state index in [-0.39, 0.29) is 17.4 Å². The van der Waals surface area contributed by atoms with Crippen LogP contribution in [0.4, 0.5) is 8.78 Å². The fraction of sp³-hybridized carbons (Fsp3) is 0. The molecule has 0 N–H and O–H groups in total. The molecule has 5 heteroatoms. The highest BCUT2D eigenvalue weighted by molar-refractivity contribution is 6.09. The van der Waals surface area contributed by atoms with Crippen molar-refractivity contribution in [3.05, 3.63) is 120 Å². The number of fused-ring (bicyclic) bond motifs is 1. The predicted octanol–water partition coefficient (Wildman–Crippen LogP) is 6.47. The molecule has 0 saturated heterocycles. The standard InChI is InChI=1S/C27H16F2N2O/c28-21-13-9-18(10-14-21)26-25(30-23-3-1-2-4-24(23)31-26)17-5-7-19(8-6-17)27(32)20-11-15-22(29)16-12-20/h1-16H. The van der Waals surface area contributed by atoms with Gasteiger partial charge in [-0.25, -0.2) is 18.7 Å². The topological polar surface area (TPSA) is 42.9 Å². The van der Waals surface area contributed by atoms with Crippen molar-refractivity contribution in [3.8, 4) is 22.5 Å². The van der Waals surface area contributed by atoms with E-state index in [0.717, 1.165) is 22.2 Å². The number of halogens is 2. The summed E-state index contributed by atoms with van der Waals surface area (Å²) in [5, 5.41) is 0. The molecule has 0 saturated carbocycles. The number of carbonyl (C=O) groups excluding carboxylic acids is 1. The highest BCUT2D eigenvalue weighted by Crippen LogP contribution is 2.31. The lowest BCUT2D eigenvalue weighted by Gasteiger charge is -2.11. The molecule has 0 atom stereocenters. The van der Waals surface area contributed by atoms with Crippen LogP contribution in [-0.4, -0.2) is 15.8 Å². The first kappa shape index (κ1) is 19.7.